The van der Waals surface area contributed by atoms with Gasteiger partial charge in [-0.05, 0) is 37.1 Å². The summed E-state index contributed by atoms with van der Waals surface area (Å²) >= 11 is 0. The molecule has 2 aromatic heterocycles. The van der Waals surface area contributed by atoms with Gasteiger partial charge >= 0.3 is 0 Å². The van der Waals surface area contributed by atoms with Gasteiger partial charge in [-0.2, -0.15) is 0 Å². The number of aromatic amines is 1. The Labute approximate surface area is 172 Å². The number of Topliss-reactive ketones (excluding diaryl/α,β-unsaturated/α-hetero) is 1. The quantitative estimate of drug-likeness (QED) is 0.563. The third kappa shape index (κ3) is 3.35. The summed E-state index contributed by atoms with van der Waals surface area (Å²) in [6, 6.07) is 12.8. The zero-order valence-electron chi connectivity index (χ0n) is 16.1. The highest BCUT2D eigenvalue weighted by Crippen LogP contribution is 2.38. The van der Waals surface area contributed by atoms with Crippen LogP contribution in [0.5, 0.6) is 0 Å². The van der Waals surface area contributed by atoms with Gasteiger partial charge in [0.25, 0.3) is 5.91 Å². The number of benzene rings is 1. The van der Waals surface area contributed by atoms with Gasteiger partial charge in [0, 0.05) is 35.6 Å². The summed E-state index contributed by atoms with van der Waals surface area (Å²) in [4.78, 5) is 32.1. The maximum atomic E-state index is 14.6. The number of anilines is 3. The van der Waals surface area contributed by atoms with Gasteiger partial charge in [0.05, 0.1) is 23.5 Å². The molecule has 2 aliphatic rings. The molecule has 0 atom stereocenters. The van der Waals surface area contributed by atoms with E-state index in [0.717, 1.165) is 11.4 Å². The summed E-state index contributed by atoms with van der Waals surface area (Å²) in [5.74, 6) is -0.903. The van der Waals surface area contributed by atoms with Gasteiger partial charge in [-0.15, -0.1) is 5.12 Å². The number of nitrogens with one attached hydrogen (secondary N) is 3. The van der Waals surface area contributed by atoms with E-state index in [1.165, 1.54) is 12.3 Å². The predicted octanol–water partition coefficient (Wildman–Crippen LogP) is 3.73. The molecule has 0 spiro atoms. The van der Waals surface area contributed by atoms with Crippen LogP contribution in [-0.2, 0) is 11.3 Å². The predicted molar refractivity (Wildman–Crippen MR) is 111 cm³/mol. The lowest BCUT2D eigenvalue weighted by molar-refractivity contribution is -0.122. The number of hydrogen-bond acceptors (Lipinski definition) is 5. The van der Waals surface area contributed by atoms with Crippen molar-refractivity contribution in [3.63, 3.8) is 0 Å². The number of amides is 1. The monoisotopic (exact) mass is 405 g/mol. The fraction of sp³-hybridized carbons (Fsp3) is 0.227. The minimum atomic E-state index is -0.563. The van der Waals surface area contributed by atoms with E-state index in [2.05, 4.69) is 20.6 Å². The van der Waals surface area contributed by atoms with Crippen molar-refractivity contribution in [2.45, 2.75) is 19.4 Å². The van der Waals surface area contributed by atoms with E-state index in [1.54, 1.807) is 6.07 Å². The topological polar surface area (TPSA) is 90.1 Å². The van der Waals surface area contributed by atoms with Crippen LogP contribution in [0.4, 0.5) is 21.7 Å². The number of halogens is 1. The van der Waals surface area contributed by atoms with Crippen LogP contribution in [0.15, 0.2) is 48.7 Å². The SMILES string of the molecule is O=C1CNCc2[nH]c(-c3ccnc(N(F)C(=O)C4CC4)c3)c(Nc3ccccc3)c21. The smallest absolute Gasteiger partial charge is 0.259 e. The number of aromatic nitrogens is 2. The summed E-state index contributed by atoms with van der Waals surface area (Å²) in [6.45, 7) is 0.779. The van der Waals surface area contributed by atoms with E-state index in [9.17, 15) is 14.1 Å². The highest BCUT2D eigenvalue weighted by Gasteiger charge is 2.35. The molecule has 8 heteroatoms. The van der Waals surface area contributed by atoms with E-state index in [-0.39, 0.29) is 29.2 Å². The van der Waals surface area contributed by atoms with Crippen molar-refractivity contribution in [3.05, 3.63) is 59.9 Å². The Morgan fingerprint density at radius 1 is 1.17 bits per heavy atom. The van der Waals surface area contributed by atoms with Crippen molar-refractivity contribution in [1.82, 2.24) is 15.3 Å². The van der Waals surface area contributed by atoms with E-state index in [1.807, 2.05) is 30.3 Å². The molecule has 1 aliphatic heterocycles. The maximum absolute atomic E-state index is 14.6. The van der Waals surface area contributed by atoms with Gasteiger partial charge in [-0.1, -0.05) is 22.7 Å². The molecule has 3 N–H and O–H groups in total. The first-order valence-corrected chi connectivity index (χ1v) is 9.89. The molecule has 7 nitrogen and oxygen atoms in total. The Morgan fingerprint density at radius 3 is 2.73 bits per heavy atom. The van der Waals surface area contributed by atoms with Gasteiger partial charge < -0.3 is 15.6 Å². The molecule has 30 heavy (non-hydrogen) atoms. The Hall–Kier alpha value is -3.52. The number of fused-ring (bicyclic) bond motifs is 1. The summed E-state index contributed by atoms with van der Waals surface area (Å²) in [5.41, 5.74) is 4.11. The lowest BCUT2D eigenvalue weighted by atomic mass is 10.0. The number of hydrogen-bond donors (Lipinski definition) is 3. The summed E-state index contributed by atoms with van der Waals surface area (Å²) in [7, 11) is 0. The third-order valence-corrected chi connectivity index (χ3v) is 5.34. The molecule has 1 saturated carbocycles. The molecule has 1 fully saturated rings. The van der Waals surface area contributed by atoms with Gasteiger partial charge in [0.15, 0.2) is 11.6 Å². The Balaban J connectivity index is 1.58. The zero-order valence-corrected chi connectivity index (χ0v) is 16.1. The molecule has 3 heterocycles. The molecule has 3 aromatic rings. The average molecular weight is 405 g/mol. The van der Waals surface area contributed by atoms with Gasteiger partial charge in [0.2, 0.25) is 0 Å². The number of carbonyl (C=O) groups is 2. The molecular weight excluding hydrogens is 385 g/mol. The molecule has 0 unspecified atom stereocenters. The van der Waals surface area contributed by atoms with Crippen molar-refractivity contribution in [3.8, 4) is 11.3 Å². The average Bonchev–Trinajstić information content (AvgIpc) is 3.56. The van der Waals surface area contributed by atoms with Crippen LogP contribution in [0, 0.1) is 5.92 Å². The molecule has 5 rings (SSSR count). The van der Waals surface area contributed by atoms with Crippen molar-refractivity contribution < 1.29 is 14.1 Å². The maximum Gasteiger partial charge on any atom is 0.259 e. The van der Waals surface area contributed by atoms with Gasteiger partial charge in [-0.3, -0.25) is 9.59 Å². The number of pyridine rings is 1. The van der Waals surface area contributed by atoms with Crippen molar-refractivity contribution >= 4 is 28.9 Å². The largest absolute Gasteiger partial charge is 0.355 e. The fourth-order valence-electron chi connectivity index (χ4n) is 3.67. The van der Waals surface area contributed by atoms with Crippen LogP contribution in [0.25, 0.3) is 11.3 Å². The Bertz CT molecular complexity index is 1120. The molecule has 1 aliphatic carbocycles. The van der Waals surface area contributed by atoms with Crippen molar-refractivity contribution in [2.75, 3.05) is 17.0 Å². The number of carbonyl (C=O) groups excluding carboxylic acids is 2. The van der Waals surface area contributed by atoms with E-state index < -0.39 is 5.91 Å². The molecular formula is C22H20FN5O2. The summed E-state index contributed by atoms with van der Waals surface area (Å²) in [5, 5.41) is 6.54. The van der Waals surface area contributed by atoms with Crippen LogP contribution in [0.1, 0.15) is 28.9 Å². The number of H-pyrrole nitrogens is 1. The standard InChI is InChI=1S/C22H20FN5O2/c23-28(22(30)13-6-7-13)18-10-14(8-9-25-18)20-21(26-15-4-2-1-3-5-15)19-16(27-20)11-24-12-17(19)29/h1-5,8-10,13,24,26-27H,6-7,11-12H2. The second-order valence-corrected chi connectivity index (χ2v) is 7.54. The third-order valence-electron chi connectivity index (χ3n) is 5.34. The Kier molecular flexibility index (Phi) is 4.55. The second kappa shape index (κ2) is 7.38. The molecule has 0 radical (unpaired) electrons. The van der Waals surface area contributed by atoms with Crippen LogP contribution >= 0.6 is 0 Å². The number of para-hydroxylation sites is 1. The van der Waals surface area contributed by atoms with Crippen molar-refractivity contribution in [2.24, 2.45) is 5.92 Å². The molecule has 1 aromatic carbocycles. The number of ketones is 1. The van der Waals surface area contributed by atoms with E-state index >= 15 is 0 Å². The minimum absolute atomic E-state index is 0.0255. The van der Waals surface area contributed by atoms with E-state index in [4.69, 9.17) is 0 Å². The van der Waals surface area contributed by atoms with Crippen LogP contribution in [0.3, 0.4) is 0 Å². The minimum Gasteiger partial charge on any atom is -0.355 e. The first kappa shape index (κ1) is 18.5. The first-order valence-electron chi connectivity index (χ1n) is 9.89. The highest BCUT2D eigenvalue weighted by molar-refractivity contribution is 6.08. The molecule has 1 amide bonds. The first-order chi connectivity index (χ1) is 14.6. The second-order valence-electron chi connectivity index (χ2n) is 7.54. The van der Waals surface area contributed by atoms with Crippen LogP contribution < -0.4 is 15.8 Å². The van der Waals surface area contributed by atoms with Crippen LogP contribution in [0.2, 0.25) is 0 Å². The summed E-state index contributed by atoms with van der Waals surface area (Å²) < 4.78 is 14.6. The highest BCUT2D eigenvalue weighted by atomic mass is 19.2. The van der Waals surface area contributed by atoms with Crippen molar-refractivity contribution in [1.29, 1.82) is 0 Å². The molecule has 0 bridgehead atoms. The van der Waals surface area contributed by atoms with Gasteiger partial charge in [0.1, 0.15) is 0 Å². The lowest BCUT2D eigenvalue weighted by Gasteiger charge is -2.15. The zero-order chi connectivity index (χ0) is 20.7. The normalized spacial score (nSPS) is 15.6. The summed E-state index contributed by atoms with van der Waals surface area (Å²) in [6.07, 6.45) is 2.88. The fourth-order valence-corrected chi connectivity index (χ4v) is 3.67. The van der Waals surface area contributed by atoms with E-state index in [0.29, 0.717) is 41.9 Å². The van der Waals surface area contributed by atoms with Gasteiger partial charge in [-0.25, -0.2) is 4.98 Å². The Morgan fingerprint density at radius 2 is 1.97 bits per heavy atom. The van der Waals surface area contributed by atoms with Crippen LogP contribution in [-0.4, -0.2) is 28.2 Å². The lowest BCUT2D eigenvalue weighted by Crippen LogP contribution is -2.29. The number of rotatable bonds is 5. The number of nitrogens with zero attached hydrogens (tertiary/aromatic N) is 2. The molecule has 152 valence electrons. The molecule has 0 saturated heterocycles.